The van der Waals surface area contributed by atoms with Gasteiger partial charge in [0.2, 0.25) is 0 Å². The average molecular weight is 294 g/mol. The topological polar surface area (TPSA) is 66.0 Å². The maximum atomic E-state index is 12.4. The number of thiophene rings is 1. The number of H-pyrrole nitrogens is 1. The standard InChI is InChI=1S/C16H10N2O2S/c19-10-6-7-11-12(8-10)21-16-13(11)15(20)17-14(18-16)9-4-2-1-3-5-9/h1-8,19H,(H,17,18,20). The van der Waals surface area contributed by atoms with Crippen molar-refractivity contribution in [2.45, 2.75) is 0 Å². The monoisotopic (exact) mass is 294 g/mol. The van der Waals surface area contributed by atoms with Crippen LogP contribution in [-0.2, 0) is 0 Å². The number of benzene rings is 2. The molecule has 0 radical (unpaired) electrons. The molecule has 102 valence electrons. The van der Waals surface area contributed by atoms with Gasteiger partial charge in [0.1, 0.15) is 16.4 Å². The zero-order chi connectivity index (χ0) is 14.4. The molecule has 4 rings (SSSR count). The van der Waals surface area contributed by atoms with E-state index >= 15 is 0 Å². The molecule has 0 atom stereocenters. The molecule has 0 unspecified atom stereocenters. The smallest absolute Gasteiger partial charge is 0.260 e. The predicted molar refractivity (Wildman–Crippen MR) is 84.8 cm³/mol. The fourth-order valence-electron chi connectivity index (χ4n) is 2.40. The van der Waals surface area contributed by atoms with E-state index in [9.17, 15) is 9.90 Å². The number of hydrogen-bond donors (Lipinski definition) is 2. The molecular weight excluding hydrogens is 284 g/mol. The Morgan fingerprint density at radius 2 is 1.90 bits per heavy atom. The molecule has 5 heteroatoms. The first kappa shape index (κ1) is 12.1. The van der Waals surface area contributed by atoms with Crippen LogP contribution in [0.5, 0.6) is 5.75 Å². The number of phenols is 1. The van der Waals surface area contributed by atoms with E-state index in [0.717, 1.165) is 15.6 Å². The first-order chi connectivity index (χ1) is 10.2. The van der Waals surface area contributed by atoms with E-state index < -0.39 is 0 Å². The molecule has 2 aromatic carbocycles. The number of aromatic hydroxyl groups is 1. The maximum absolute atomic E-state index is 12.4. The molecule has 4 nitrogen and oxygen atoms in total. The van der Waals surface area contributed by atoms with Gasteiger partial charge in [-0.05, 0) is 18.2 Å². The highest BCUT2D eigenvalue weighted by Gasteiger charge is 2.12. The molecule has 2 N–H and O–H groups in total. The van der Waals surface area contributed by atoms with Crippen LogP contribution in [0.2, 0.25) is 0 Å². The van der Waals surface area contributed by atoms with Gasteiger partial charge < -0.3 is 10.1 Å². The van der Waals surface area contributed by atoms with E-state index in [4.69, 9.17) is 0 Å². The minimum Gasteiger partial charge on any atom is -0.508 e. The summed E-state index contributed by atoms with van der Waals surface area (Å²) in [7, 11) is 0. The van der Waals surface area contributed by atoms with E-state index in [0.29, 0.717) is 16.0 Å². The van der Waals surface area contributed by atoms with Gasteiger partial charge in [0.15, 0.2) is 0 Å². The fourth-order valence-corrected chi connectivity index (χ4v) is 3.51. The first-order valence-electron chi connectivity index (χ1n) is 6.43. The molecule has 0 aliphatic rings. The summed E-state index contributed by atoms with van der Waals surface area (Å²) in [5, 5.41) is 11.0. The zero-order valence-electron chi connectivity index (χ0n) is 10.8. The summed E-state index contributed by atoms with van der Waals surface area (Å²) >= 11 is 1.41. The van der Waals surface area contributed by atoms with Crippen LogP contribution < -0.4 is 5.56 Å². The molecule has 0 saturated heterocycles. The van der Waals surface area contributed by atoms with Gasteiger partial charge in [-0.15, -0.1) is 11.3 Å². The maximum Gasteiger partial charge on any atom is 0.260 e. The van der Waals surface area contributed by atoms with Crippen LogP contribution in [0.3, 0.4) is 0 Å². The van der Waals surface area contributed by atoms with Crippen LogP contribution in [0.1, 0.15) is 0 Å². The number of aromatic amines is 1. The molecule has 0 aliphatic carbocycles. The first-order valence-corrected chi connectivity index (χ1v) is 7.25. The normalized spacial score (nSPS) is 11.2. The van der Waals surface area contributed by atoms with Crippen molar-refractivity contribution in [3.63, 3.8) is 0 Å². The van der Waals surface area contributed by atoms with Crippen molar-refractivity contribution in [1.29, 1.82) is 0 Å². The van der Waals surface area contributed by atoms with Gasteiger partial charge in [-0.3, -0.25) is 4.79 Å². The van der Waals surface area contributed by atoms with Crippen LogP contribution in [0.4, 0.5) is 0 Å². The Hall–Kier alpha value is -2.66. The van der Waals surface area contributed by atoms with Gasteiger partial charge >= 0.3 is 0 Å². The Morgan fingerprint density at radius 1 is 1.10 bits per heavy atom. The third kappa shape index (κ3) is 1.90. The highest BCUT2D eigenvalue weighted by Crippen LogP contribution is 2.33. The largest absolute Gasteiger partial charge is 0.508 e. The number of rotatable bonds is 1. The van der Waals surface area contributed by atoms with Crippen molar-refractivity contribution in [3.05, 3.63) is 58.9 Å². The summed E-state index contributed by atoms with van der Waals surface area (Å²) < 4.78 is 0.855. The summed E-state index contributed by atoms with van der Waals surface area (Å²) in [6, 6.07) is 14.5. The number of fused-ring (bicyclic) bond motifs is 3. The Morgan fingerprint density at radius 3 is 2.71 bits per heavy atom. The molecule has 0 amide bonds. The number of aromatic nitrogens is 2. The summed E-state index contributed by atoms with van der Waals surface area (Å²) in [6.45, 7) is 0. The lowest BCUT2D eigenvalue weighted by molar-refractivity contribution is 0.476. The molecule has 21 heavy (non-hydrogen) atoms. The number of hydrogen-bond acceptors (Lipinski definition) is 4. The Kier molecular flexibility index (Phi) is 2.55. The van der Waals surface area contributed by atoms with E-state index in [1.54, 1.807) is 18.2 Å². The molecule has 2 aromatic heterocycles. The lowest BCUT2D eigenvalue weighted by Crippen LogP contribution is -2.08. The molecule has 0 spiro atoms. The third-order valence-electron chi connectivity index (χ3n) is 3.37. The van der Waals surface area contributed by atoms with Crippen LogP contribution in [-0.4, -0.2) is 15.1 Å². The molecule has 0 fully saturated rings. The summed E-state index contributed by atoms with van der Waals surface area (Å²) in [4.78, 5) is 20.5. The average Bonchev–Trinajstić information content (AvgIpc) is 2.85. The van der Waals surface area contributed by atoms with E-state index in [-0.39, 0.29) is 11.3 Å². The van der Waals surface area contributed by atoms with Crippen molar-refractivity contribution in [2.24, 2.45) is 0 Å². The second-order valence-electron chi connectivity index (χ2n) is 4.74. The van der Waals surface area contributed by atoms with E-state index in [2.05, 4.69) is 9.97 Å². The van der Waals surface area contributed by atoms with Crippen molar-refractivity contribution in [1.82, 2.24) is 9.97 Å². The molecule has 4 aromatic rings. The lowest BCUT2D eigenvalue weighted by atomic mass is 10.2. The van der Waals surface area contributed by atoms with Crippen LogP contribution in [0.25, 0.3) is 31.7 Å². The second-order valence-corrected chi connectivity index (χ2v) is 5.77. The Labute approximate surface area is 123 Å². The summed E-state index contributed by atoms with van der Waals surface area (Å²) in [6.07, 6.45) is 0. The Bertz CT molecular complexity index is 1020. The lowest BCUT2D eigenvalue weighted by Gasteiger charge is -2.00. The van der Waals surface area contributed by atoms with Crippen molar-refractivity contribution < 1.29 is 5.11 Å². The molecule has 2 heterocycles. The second kappa shape index (κ2) is 4.43. The zero-order valence-corrected chi connectivity index (χ0v) is 11.6. The summed E-state index contributed by atoms with van der Waals surface area (Å²) in [5.74, 6) is 0.748. The van der Waals surface area contributed by atoms with Crippen molar-refractivity contribution in [2.75, 3.05) is 0 Å². The minimum atomic E-state index is -0.157. The molecule has 0 saturated carbocycles. The van der Waals surface area contributed by atoms with E-state index in [1.165, 1.54) is 11.3 Å². The molecule has 0 aliphatic heterocycles. The van der Waals surface area contributed by atoms with Crippen LogP contribution in [0, 0.1) is 0 Å². The molecule has 0 bridgehead atoms. The van der Waals surface area contributed by atoms with Gasteiger partial charge in [-0.2, -0.15) is 0 Å². The summed E-state index contributed by atoms with van der Waals surface area (Å²) in [5.41, 5.74) is 0.715. The van der Waals surface area contributed by atoms with Gasteiger partial charge in [-0.25, -0.2) is 4.98 Å². The highest BCUT2D eigenvalue weighted by atomic mass is 32.1. The van der Waals surface area contributed by atoms with Gasteiger partial charge in [0, 0.05) is 15.6 Å². The van der Waals surface area contributed by atoms with Crippen LogP contribution in [0.15, 0.2) is 53.3 Å². The Balaban J connectivity index is 2.07. The fraction of sp³-hybridized carbons (Fsp3) is 0. The predicted octanol–water partition coefficient (Wildman–Crippen LogP) is 3.51. The number of nitrogens with zero attached hydrogens (tertiary/aromatic N) is 1. The SMILES string of the molecule is O=c1[nH]c(-c2ccccc2)nc2sc3cc(O)ccc3c12. The van der Waals surface area contributed by atoms with Crippen molar-refractivity contribution >= 4 is 31.6 Å². The number of phenolic OH excluding ortho intramolecular Hbond substituents is 1. The minimum absolute atomic E-state index is 0.157. The van der Waals surface area contributed by atoms with Gasteiger partial charge in [0.05, 0.1) is 5.39 Å². The van der Waals surface area contributed by atoms with Crippen molar-refractivity contribution in [3.8, 4) is 17.1 Å². The van der Waals surface area contributed by atoms with E-state index in [1.807, 2.05) is 30.3 Å². The highest BCUT2D eigenvalue weighted by molar-refractivity contribution is 7.25. The van der Waals surface area contributed by atoms with Crippen LogP contribution >= 0.6 is 11.3 Å². The quantitative estimate of drug-likeness (QED) is 0.564. The van der Waals surface area contributed by atoms with Gasteiger partial charge in [0.25, 0.3) is 5.56 Å². The van der Waals surface area contributed by atoms with Gasteiger partial charge in [-0.1, -0.05) is 30.3 Å². The number of nitrogens with one attached hydrogen (secondary N) is 1. The third-order valence-corrected chi connectivity index (χ3v) is 4.42. The molecular formula is C16H10N2O2S.